The summed E-state index contributed by atoms with van der Waals surface area (Å²) in [5.41, 5.74) is 1.37. The molecule has 0 atom stereocenters. The van der Waals surface area contributed by atoms with Crippen molar-refractivity contribution in [1.29, 1.82) is 0 Å². The third kappa shape index (κ3) is 2.30. The minimum Gasteiger partial charge on any atom is -0.314 e. The number of likely N-dealkylation sites (N-methyl/N-ethyl adjacent to an activating group) is 1. The van der Waals surface area contributed by atoms with E-state index in [0.717, 1.165) is 32.1 Å². The molecule has 1 aliphatic heterocycles. The largest absolute Gasteiger partial charge is 0.314 e. The Bertz CT molecular complexity index is 269. The van der Waals surface area contributed by atoms with Crippen LogP contribution in [0.3, 0.4) is 0 Å². The number of aromatic nitrogens is 1. The lowest BCUT2D eigenvalue weighted by Crippen LogP contribution is -2.56. The minimum absolute atomic E-state index is 0.747. The van der Waals surface area contributed by atoms with Crippen molar-refractivity contribution in [3.05, 3.63) is 30.1 Å². The van der Waals surface area contributed by atoms with Crippen LogP contribution in [-0.2, 0) is 6.42 Å². The van der Waals surface area contributed by atoms with Gasteiger partial charge in [0.2, 0.25) is 0 Å². The summed E-state index contributed by atoms with van der Waals surface area (Å²) in [4.78, 5) is 6.44. The number of nitrogens with one attached hydrogen (secondary N) is 1. The summed E-state index contributed by atoms with van der Waals surface area (Å²) in [5.74, 6) is 0. The maximum absolute atomic E-state index is 4.01. The molecule has 1 aromatic rings. The van der Waals surface area contributed by atoms with Crippen LogP contribution >= 0.6 is 0 Å². The first-order chi connectivity index (χ1) is 6.86. The molecule has 3 nitrogen and oxygen atoms in total. The van der Waals surface area contributed by atoms with Gasteiger partial charge in [-0.3, -0.25) is 4.98 Å². The van der Waals surface area contributed by atoms with Crippen molar-refractivity contribution >= 4 is 0 Å². The van der Waals surface area contributed by atoms with Crippen molar-refractivity contribution in [2.24, 2.45) is 0 Å². The van der Waals surface area contributed by atoms with Crippen molar-refractivity contribution in [2.45, 2.75) is 12.5 Å². The predicted molar refractivity (Wildman–Crippen MR) is 57.2 cm³/mol. The third-order valence-electron chi connectivity index (χ3n) is 2.89. The molecule has 1 aromatic heterocycles. The highest BCUT2D eigenvalue weighted by Gasteiger charge is 2.20. The molecular weight excluding hydrogens is 174 g/mol. The van der Waals surface area contributed by atoms with Gasteiger partial charge in [0.15, 0.2) is 0 Å². The van der Waals surface area contributed by atoms with E-state index >= 15 is 0 Å². The molecule has 1 aliphatic rings. The Balaban J connectivity index is 1.76. The zero-order valence-electron chi connectivity index (χ0n) is 8.61. The lowest BCUT2D eigenvalue weighted by atomic mass is 10.1. The van der Waals surface area contributed by atoms with Crippen LogP contribution in [-0.4, -0.2) is 42.6 Å². The Morgan fingerprint density at radius 3 is 2.71 bits per heavy atom. The normalized spacial score (nSPS) is 17.0. The first kappa shape index (κ1) is 9.62. The fourth-order valence-corrected chi connectivity index (χ4v) is 1.62. The van der Waals surface area contributed by atoms with Crippen LogP contribution in [0.15, 0.2) is 24.5 Å². The lowest BCUT2D eigenvalue weighted by molar-refractivity contribution is 0.182. The third-order valence-corrected chi connectivity index (χ3v) is 2.89. The molecule has 0 radical (unpaired) electrons. The van der Waals surface area contributed by atoms with Gasteiger partial charge < -0.3 is 10.2 Å². The van der Waals surface area contributed by atoms with Gasteiger partial charge in [0.25, 0.3) is 0 Å². The van der Waals surface area contributed by atoms with Crippen LogP contribution in [0, 0.1) is 0 Å². The second kappa shape index (κ2) is 4.53. The van der Waals surface area contributed by atoms with Gasteiger partial charge in [0, 0.05) is 38.1 Å². The Morgan fingerprint density at radius 2 is 2.14 bits per heavy atom. The molecule has 76 valence electrons. The molecule has 2 rings (SSSR count). The fourth-order valence-electron chi connectivity index (χ4n) is 1.62. The molecular formula is C11H17N3. The van der Waals surface area contributed by atoms with E-state index in [1.807, 2.05) is 12.4 Å². The summed E-state index contributed by atoms with van der Waals surface area (Å²) >= 11 is 0. The number of nitrogens with zero attached hydrogens (tertiary/aromatic N) is 2. The number of rotatable bonds is 4. The summed E-state index contributed by atoms with van der Waals surface area (Å²) in [5, 5.41) is 3.29. The highest BCUT2D eigenvalue weighted by atomic mass is 15.2. The molecule has 1 N–H and O–H groups in total. The predicted octanol–water partition coefficient (Wildman–Crippen LogP) is 0.528. The Morgan fingerprint density at radius 1 is 1.43 bits per heavy atom. The van der Waals surface area contributed by atoms with Gasteiger partial charge in [0.1, 0.15) is 0 Å². The average molecular weight is 191 g/mol. The second-order valence-corrected chi connectivity index (χ2v) is 3.90. The van der Waals surface area contributed by atoms with Crippen LogP contribution in [0.1, 0.15) is 5.56 Å². The topological polar surface area (TPSA) is 28.2 Å². The summed E-state index contributed by atoms with van der Waals surface area (Å²) in [6, 6.07) is 4.93. The fraction of sp³-hybridized carbons (Fsp3) is 0.545. The summed E-state index contributed by atoms with van der Waals surface area (Å²) in [7, 11) is 2.20. The molecule has 0 aromatic carbocycles. The maximum atomic E-state index is 4.01. The number of hydrogen-bond acceptors (Lipinski definition) is 3. The zero-order chi connectivity index (χ0) is 9.80. The van der Waals surface area contributed by atoms with Gasteiger partial charge in [-0.25, -0.2) is 0 Å². The molecule has 1 saturated heterocycles. The number of hydrogen-bond donors (Lipinski definition) is 1. The summed E-state index contributed by atoms with van der Waals surface area (Å²) in [6.07, 6.45) is 4.84. The van der Waals surface area contributed by atoms with Gasteiger partial charge in [-0.05, 0) is 31.2 Å². The summed E-state index contributed by atoms with van der Waals surface area (Å²) < 4.78 is 0. The molecule has 14 heavy (non-hydrogen) atoms. The van der Waals surface area contributed by atoms with E-state index in [9.17, 15) is 0 Å². The van der Waals surface area contributed by atoms with E-state index < -0.39 is 0 Å². The van der Waals surface area contributed by atoms with E-state index in [1.165, 1.54) is 5.56 Å². The molecule has 2 heterocycles. The van der Waals surface area contributed by atoms with E-state index in [1.54, 1.807) is 0 Å². The quantitative estimate of drug-likeness (QED) is 0.752. The Hall–Kier alpha value is -0.930. The van der Waals surface area contributed by atoms with Crippen molar-refractivity contribution in [3.8, 4) is 0 Å². The highest BCUT2D eigenvalue weighted by molar-refractivity contribution is 5.10. The van der Waals surface area contributed by atoms with Gasteiger partial charge in [-0.2, -0.15) is 0 Å². The lowest BCUT2D eigenvalue weighted by Gasteiger charge is -2.35. The second-order valence-electron chi connectivity index (χ2n) is 3.90. The van der Waals surface area contributed by atoms with Crippen molar-refractivity contribution in [3.63, 3.8) is 0 Å². The van der Waals surface area contributed by atoms with E-state index in [4.69, 9.17) is 0 Å². The summed E-state index contributed by atoms with van der Waals surface area (Å²) in [6.45, 7) is 3.43. The molecule has 0 amide bonds. The first-order valence-electron chi connectivity index (χ1n) is 5.16. The first-order valence-corrected chi connectivity index (χ1v) is 5.16. The van der Waals surface area contributed by atoms with Crippen LogP contribution in [0.5, 0.6) is 0 Å². The van der Waals surface area contributed by atoms with Gasteiger partial charge in [-0.1, -0.05) is 0 Å². The standard InChI is InChI=1S/C11H17N3/c1-14(11-8-13-9-11)7-4-10-2-5-12-6-3-10/h2-3,5-6,11,13H,4,7-9H2,1H3. The van der Waals surface area contributed by atoms with Crippen molar-refractivity contribution in [1.82, 2.24) is 15.2 Å². The molecule has 0 unspecified atom stereocenters. The van der Waals surface area contributed by atoms with Crippen LogP contribution < -0.4 is 5.32 Å². The molecule has 3 heteroatoms. The van der Waals surface area contributed by atoms with E-state index in [0.29, 0.717) is 0 Å². The smallest absolute Gasteiger partial charge is 0.0342 e. The van der Waals surface area contributed by atoms with Gasteiger partial charge in [-0.15, -0.1) is 0 Å². The zero-order valence-corrected chi connectivity index (χ0v) is 8.61. The van der Waals surface area contributed by atoms with Crippen molar-refractivity contribution in [2.75, 3.05) is 26.7 Å². The average Bonchev–Trinajstić information content (AvgIpc) is 2.14. The maximum Gasteiger partial charge on any atom is 0.0342 e. The Kier molecular flexibility index (Phi) is 3.11. The van der Waals surface area contributed by atoms with E-state index in [2.05, 4.69) is 34.4 Å². The molecule has 1 fully saturated rings. The SMILES string of the molecule is CN(CCc1ccncc1)C1CNC1. The van der Waals surface area contributed by atoms with E-state index in [-0.39, 0.29) is 0 Å². The molecule has 0 bridgehead atoms. The van der Waals surface area contributed by atoms with Crippen LogP contribution in [0.25, 0.3) is 0 Å². The number of pyridine rings is 1. The van der Waals surface area contributed by atoms with Crippen LogP contribution in [0.4, 0.5) is 0 Å². The van der Waals surface area contributed by atoms with Gasteiger partial charge >= 0.3 is 0 Å². The Labute approximate surface area is 85.1 Å². The monoisotopic (exact) mass is 191 g/mol. The van der Waals surface area contributed by atoms with Crippen LogP contribution in [0.2, 0.25) is 0 Å². The highest BCUT2D eigenvalue weighted by Crippen LogP contribution is 2.04. The van der Waals surface area contributed by atoms with Gasteiger partial charge in [0.05, 0.1) is 0 Å². The molecule has 0 spiro atoms. The molecule has 0 saturated carbocycles. The minimum atomic E-state index is 0.747. The molecule has 0 aliphatic carbocycles. The van der Waals surface area contributed by atoms with Crippen molar-refractivity contribution < 1.29 is 0 Å².